The molecule has 1 heterocycles. The Hall–Kier alpha value is -1.93. The van der Waals surface area contributed by atoms with Crippen molar-refractivity contribution in [3.63, 3.8) is 0 Å². The van der Waals surface area contributed by atoms with Gasteiger partial charge in [-0.25, -0.2) is 13.8 Å². The van der Waals surface area contributed by atoms with Crippen LogP contribution in [0.4, 0.5) is 14.5 Å². The number of rotatable bonds is 7. The number of benzene rings is 1. The molecule has 1 N–H and O–H groups in total. The molecular weight excluding hydrogens is 348 g/mol. The van der Waals surface area contributed by atoms with Gasteiger partial charge in [-0.15, -0.1) is 0 Å². The predicted molar refractivity (Wildman–Crippen MR) is 93.9 cm³/mol. The van der Waals surface area contributed by atoms with E-state index in [1.165, 1.54) is 17.8 Å². The molecule has 1 aromatic carbocycles. The fraction of sp³-hybridized carbons (Fsp3) is 0.412. The first kappa shape index (κ1) is 19.4. The van der Waals surface area contributed by atoms with Gasteiger partial charge in [-0.3, -0.25) is 4.79 Å². The third-order valence-electron chi connectivity index (χ3n) is 3.80. The maximum absolute atomic E-state index is 13.7. The van der Waals surface area contributed by atoms with Crippen LogP contribution >= 0.6 is 11.8 Å². The number of aromatic nitrogens is 2. The number of thioether (sulfide) groups is 1. The van der Waals surface area contributed by atoms with E-state index < -0.39 is 28.5 Å². The summed E-state index contributed by atoms with van der Waals surface area (Å²) in [5.41, 5.74) is 1.42. The number of nitrogens with one attached hydrogen (secondary N) is 1. The van der Waals surface area contributed by atoms with Crippen LogP contribution in [0.2, 0.25) is 0 Å². The Morgan fingerprint density at radius 2 is 2.00 bits per heavy atom. The largest absolute Gasteiger partial charge is 0.383 e. The van der Waals surface area contributed by atoms with Crippen molar-refractivity contribution in [2.24, 2.45) is 0 Å². The normalized spacial score (nSPS) is 12.2. The molecule has 0 aliphatic carbocycles. The SMILES string of the molecule is COCCn1c(SC(C)C(=O)Nc2c(F)cccc2F)nc(C)c1C. The minimum Gasteiger partial charge on any atom is -0.383 e. The Labute approximate surface area is 149 Å². The van der Waals surface area contributed by atoms with Gasteiger partial charge < -0.3 is 14.6 Å². The monoisotopic (exact) mass is 369 g/mol. The summed E-state index contributed by atoms with van der Waals surface area (Å²) in [5.74, 6) is -2.11. The zero-order chi connectivity index (χ0) is 18.6. The topological polar surface area (TPSA) is 56.1 Å². The molecule has 1 unspecified atom stereocenters. The number of ether oxygens (including phenoxy) is 1. The minimum atomic E-state index is -0.807. The van der Waals surface area contributed by atoms with Gasteiger partial charge in [0.1, 0.15) is 17.3 Å². The van der Waals surface area contributed by atoms with E-state index in [2.05, 4.69) is 10.3 Å². The fourth-order valence-electron chi connectivity index (χ4n) is 2.21. The van der Waals surface area contributed by atoms with Gasteiger partial charge in [0.15, 0.2) is 5.16 Å². The van der Waals surface area contributed by atoms with Crippen LogP contribution in [-0.4, -0.2) is 34.4 Å². The lowest BCUT2D eigenvalue weighted by Gasteiger charge is -2.14. The van der Waals surface area contributed by atoms with Crippen LogP contribution in [-0.2, 0) is 16.1 Å². The third kappa shape index (κ3) is 4.58. The number of hydrogen-bond acceptors (Lipinski definition) is 4. The Morgan fingerprint density at radius 3 is 2.60 bits per heavy atom. The van der Waals surface area contributed by atoms with Gasteiger partial charge >= 0.3 is 0 Å². The number of carbonyl (C=O) groups excluding carboxylic acids is 1. The van der Waals surface area contributed by atoms with E-state index in [-0.39, 0.29) is 0 Å². The van der Waals surface area contributed by atoms with E-state index in [0.717, 1.165) is 23.5 Å². The van der Waals surface area contributed by atoms with Crippen LogP contribution in [0.1, 0.15) is 18.3 Å². The first-order valence-corrected chi connectivity index (χ1v) is 8.67. The lowest BCUT2D eigenvalue weighted by Crippen LogP contribution is -2.24. The van der Waals surface area contributed by atoms with Crippen LogP contribution in [0, 0.1) is 25.5 Å². The lowest BCUT2D eigenvalue weighted by molar-refractivity contribution is -0.115. The van der Waals surface area contributed by atoms with E-state index in [9.17, 15) is 13.6 Å². The van der Waals surface area contributed by atoms with Gasteiger partial charge in [0, 0.05) is 19.3 Å². The summed E-state index contributed by atoms with van der Waals surface area (Å²) in [5, 5.41) is 2.40. The average molecular weight is 369 g/mol. The van der Waals surface area contributed by atoms with Gasteiger partial charge in [-0.1, -0.05) is 17.8 Å². The van der Waals surface area contributed by atoms with Crippen molar-refractivity contribution >= 4 is 23.4 Å². The van der Waals surface area contributed by atoms with Crippen molar-refractivity contribution in [2.75, 3.05) is 19.0 Å². The fourth-order valence-corrected chi connectivity index (χ4v) is 3.24. The Bertz CT molecular complexity index is 744. The number of imidazole rings is 1. The number of methoxy groups -OCH3 is 1. The second-order valence-electron chi connectivity index (χ2n) is 5.56. The molecule has 25 heavy (non-hydrogen) atoms. The summed E-state index contributed by atoms with van der Waals surface area (Å²) < 4.78 is 34.4. The minimum absolute atomic E-state index is 0.435. The van der Waals surface area contributed by atoms with Gasteiger partial charge in [0.25, 0.3) is 0 Å². The third-order valence-corrected chi connectivity index (χ3v) is 4.89. The molecule has 0 spiro atoms. The summed E-state index contributed by atoms with van der Waals surface area (Å²) >= 11 is 1.23. The predicted octanol–water partition coefficient (Wildman–Crippen LogP) is 3.54. The van der Waals surface area contributed by atoms with Crippen LogP contribution in [0.5, 0.6) is 0 Å². The maximum atomic E-state index is 13.7. The average Bonchev–Trinajstić information content (AvgIpc) is 2.83. The molecule has 0 radical (unpaired) electrons. The molecule has 0 aliphatic rings. The molecule has 8 heteroatoms. The van der Waals surface area contributed by atoms with Gasteiger partial charge in [-0.05, 0) is 32.9 Å². The highest BCUT2D eigenvalue weighted by Gasteiger charge is 2.21. The van der Waals surface area contributed by atoms with E-state index in [1.807, 2.05) is 18.4 Å². The van der Waals surface area contributed by atoms with E-state index in [4.69, 9.17) is 4.74 Å². The molecule has 0 aliphatic heterocycles. The van der Waals surface area contributed by atoms with Crippen molar-refractivity contribution < 1.29 is 18.3 Å². The summed E-state index contributed by atoms with van der Waals surface area (Å²) in [6, 6.07) is 3.44. The zero-order valence-electron chi connectivity index (χ0n) is 14.6. The van der Waals surface area contributed by atoms with E-state index in [0.29, 0.717) is 18.3 Å². The smallest absolute Gasteiger partial charge is 0.237 e. The molecule has 0 saturated carbocycles. The number of anilines is 1. The van der Waals surface area contributed by atoms with Crippen LogP contribution in [0.25, 0.3) is 0 Å². The number of hydrogen-bond donors (Lipinski definition) is 1. The quantitative estimate of drug-likeness (QED) is 0.759. The van der Waals surface area contributed by atoms with Crippen molar-refractivity contribution in [2.45, 2.75) is 37.7 Å². The molecule has 2 aromatic rings. The highest BCUT2D eigenvalue weighted by atomic mass is 32.2. The first-order valence-electron chi connectivity index (χ1n) is 7.79. The Balaban J connectivity index is 2.12. The van der Waals surface area contributed by atoms with Crippen LogP contribution < -0.4 is 5.32 Å². The summed E-state index contributed by atoms with van der Waals surface area (Å²) in [7, 11) is 1.62. The summed E-state index contributed by atoms with van der Waals surface area (Å²) in [6.45, 7) is 6.63. The Morgan fingerprint density at radius 1 is 1.36 bits per heavy atom. The molecule has 1 amide bonds. The number of carbonyl (C=O) groups is 1. The van der Waals surface area contributed by atoms with Crippen molar-refractivity contribution in [1.29, 1.82) is 0 Å². The number of aryl methyl sites for hydroxylation is 1. The van der Waals surface area contributed by atoms with E-state index in [1.54, 1.807) is 14.0 Å². The maximum Gasteiger partial charge on any atom is 0.237 e. The second-order valence-corrected chi connectivity index (χ2v) is 6.86. The highest BCUT2D eigenvalue weighted by Crippen LogP contribution is 2.27. The van der Waals surface area contributed by atoms with Crippen LogP contribution in [0.3, 0.4) is 0 Å². The lowest BCUT2D eigenvalue weighted by atomic mass is 10.3. The van der Waals surface area contributed by atoms with E-state index >= 15 is 0 Å². The standard InChI is InChI=1S/C17H21F2N3O2S/c1-10-11(2)22(8-9-24-4)17(20-10)25-12(3)16(23)21-15-13(18)6-5-7-14(15)19/h5-7,12H,8-9H2,1-4H3,(H,21,23). The van der Waals surface area contributed by atoms with Gasteiger partial charge in [0.05, 0.1) is 17.6 Å². The molecule has 1 aromatic heterocycles. The van der Waals surface area contributed by atoms with Crippen molar-refractivity contribution in [3.8, 4) is 0 Å². The van der Waals surface area contributed by atoms with Gasteiger partial charge in [0.2, 0.25) is 5.91 Å². The molecule has 1 atom stereocenters. The highest BCUT2D eigenvalue weighted by molar-refractivity contribution is 8.00. The molecule has 136 valence electrons. The summed E-state index contributed by atoms with van der Waals surface area (Å²) in [6.07, 6.45) is 0. The first-order chi connectivity index (χ1) is 11.8. The number of nitrogens with zero attached hydrogens (tertiary/aromatic N) is 2. The molecule has 0 fully saturated rings. The number of halogens is 2. The van der Waals surface area contributed by atoms with Gasteiger partial charge in [-0.2, -0.15) is 0 Å². The van der Waals surface area contributed by atoms with Crippen molar-refractivity contribution in [1.82, 2.24) is 9.55 Å². The molecule has 0 saturated heterocycles. The molecule has 2 rings (SSSR count). The number of para-hydroxylation sites is 1. The number of amides is 1. The van der Waals surface area contributed by atoms with Crippen molar-refractivity contribution in [3.05, 3.63) is 41.2 Å². The molecular formula is C17H21F2N3O2S. The second kappa shape index (κ2) is 8.44. The zero-order valence-corrected chi connectivity index (χ0v) is 15.4. The molecule has 5 nitrogen and oxygen atoms in total. The molecule has 0 bridgehead atoms. The Kier molecular flexibility index (Phi) is 6.55. The summed E-state index contributed by atoms with van der Waals surface area (Å²) in [4.78, 5) is 16.8. The van der Waals surface area contributed by atoms with Crippen LogP contribution in [0.15, 0.2) is 23.4 Å².